The molecule has 7 heteroatoms. The quantitative estimate of drug-likeness (QED) is 0.701. The average molecular weight is 398 g/mol. The monoisotopic (exact) mass is 398 g/mol. The first kappa shape index (κ1) is 19.5. The van der Waals surface area contributed by atoms with Crippen molar-refractivity contribution in [1.29, 1.82) is 0 Å². The van der Waals surface area contributed by atoms with E-state index >= 15 is 0 Å². The van der Waals surface area contributed by atoms with E-state index < -0.39 is 11.6 Å². The zero-order valence-electron chi connectivity index (χ0n) is 16.4. The first-order valence-corrected chi connectivity index (χ1v) is 9.97. The number of aryl methyl sites for hydroxylation is 1. The molecule has 1 N–H and O–H groups in total. The summed E-state index contributed by atoms with van der Waals surface area (Å²) in [4.78, 5) is 19.6. The van der Waals surface area contributed by atoms with E-state index in [0.717, 1.165) is 54.9 Å². The highest BCUT2D eigenvalue weighted by Crippen LogP contribution is 2.23. The van der Waals surface area contributed by atoms with Gasteiger partial charge in [0.25, 0.3) is 0 Å². The van der Waals surface area contributed by atoms with Gasteiger partial charge in [-0.2, -0.15) is 0 Å². The van der Waals surface area contributed by atoms with Gasteiger partial charge >= 0.3 is 0 Å². The van der Waals surface area contributed by atoms with Crippen LogP contribution in [0.1, 0.15) is 25.6 Å². The van der Waals surface area contributed by atoms with Gasteiger partial charge in [-0.3, -0.25) is 9.69 Å². The lowest BCUT2D eigenvalue weighted by Gasteiger charge is -2.31. The largest absolute Gasteiger partial charge is 0.327 e. The highest BCUT2D eigenvalue weighted by atomic mass is 19.1. The van der Waals surface area contributed by atoms with Crippen LogP contribution in [-0.4, -0.2) is 33.4 Å². The molecular formula is C22H24F2N4O. The number of hydrogen-bond donors (Lipinski definition) is 1. The van der Waals surface area contributed by atoms with Crippen molar-refractivity contribution in [2.45, 2.75) is 32.9 Å². The van der Waals surface area contributed by atoms with Crippen molar-refractivity contribution in [1.82, 2.24) is 14.5 Å². The lowest BCUT2D eigenvalue weighted by molar-refractivity contribution is -0.121. The van der Waals surface area contributed by atoms with Gasteiger partial charge in [-0.1, -0.05) is 12.1 Å². The number of carbonyl (C=O) groups is 1. The Kier molecular flexibility index (Phi) is 5.58. The standard InChI is InChI=1S/C22H24F2N4O/c1-2-28-20-8-4-3-7-19(20)25-21(28)14-27-11-5-6-15(13-27)22(29)26-18-10-9-16(23)12-17(18)24/h3-4,7-10,12,15H,2,5-6,11,13-14H2,1H3,(H,26,29)/t15-/m0/s1. The Morgan fingerprint density at radius 2 is 2.07 bits per heavy atom. The van der Waals surface area contributed by atoms with Crippen LogP contribution in [0.4, 0.5) is 14.5 Å². The molecule has 0 spiro atoms. The number of benzene rings is 2. The predicted octanol–water partition coefficient (Wildman–Crippen LogP) is 4.19. The molecule has 29 heavy (non-hydrogen) atoms. The topological polar surface area (TPSA) is 50.2 Å². The van der Waals surface area contributed by atoms with Gasteiger partial charge in [0.05, 0.1) is 29.2 Å². The number of aromatic nitrogens is 2. The van der Waals surface area contributed by atoms with E-state index in [1.54, 1.807) is 0 Å². The third-order valence-electron chi connectivity index (χ3n) is 5.48. The Balaban J connectivity index is 1.45. The molecule has 2 heterocycles. The maximum absolute atomic E-state index is 13.9. The van der Waals surface area contributed by atoms with Gasteiger partial charge in [0.2, 0.25) is 5.91 Å². The Morgan fingerprint density at radius 1 is 1.24 bits per heavy atom. The number of likely N-dealkylation sites (tertiary alicyclic amines) is 1. The summed E-state index contributed by atoms with van der Waals surface area (Å²) in [6, 6.07) is 11.2. The molecule has 1 aromatic heterocycles. The molecule has 4 rings (SSSR count). The molecule has 0 bridgehead atoms. The molecule has 1 aliphatic heterocycles. The minimum Gasteiger partial charge on any atom is -0.327 e. The third-order valence-corrected chi connectivity index (χ3v) is 5.48. The fraction of sp³-hybridized carbons (Fsp3) is 0.364. The number of piperidine rings is 1. The first-order valence-electron chi connectivity index (χ1n) is 9.97. The molecule has 2 aromatic carbocycles. The van der Waals surface area contributed by atoms with Crippen molar-refractivity contribution >= 4 is 22.6 Å². The molecule has 1 atom stereocenters. The Bertz CT molecular complexity index is 1030. The molecule has 1 amide bonds. The van der Waals surface area contributed by atoms with E-state index in [9.17, 15) is 13.6 Å². The van der Waals surface area contributed by atoms with Gasteiger partial charge in [0, 0.05) is 19.2 Å². The van der Waals surface area contributed by atoms with Crippen molar-refractivity contribution in [2.24, 2.45) is 5.92 Å². The fourth-order valence-corrected chi connectivity index (χ4v) is 4.04. The second-order valence-electron chi connectivity index (χ2n) is 7.45. The van der Waals surface area contributed by atoms with Gasteiger partial charge in [-0.15, -0.1) is 0 Å². The van der Waals surface area contributed by atoms with Gasteiger partial charge in [0.1, 0.15) is 17.5 Å². The lowest BCUT2D eigenvalue weighted by Crippen LogP contribution is -2.40. The zero-order valence-corrected chi connectivity index (χ0v) is 16.4. The average Bonchev–Trinajstić information content (AvgIpc) is 3.07. The highest BCUT2D eigenvalue weighted by molar-refractivity contribution is 5.92. The van der Waals surface area contributed by atoms with Gasteiger partial charge in [-0.25, -0.2) is 13.8 Å². The van der Waals surface area contributed by atoms with Gasteiger partial charge in [-0.05, 0) is 50.6 Å². The Hall–Kier alpha value is -2.80. The molecule has 1 fully saturated rings. The fourth-order valence-electron chi connectivity index (χ4n) is 4.04. The molecule has 0 unspecified atom stereocenters. The van der Waals surface area contributed by atoms with Crippen LogP contribution in [0, 0.1) is 17.6 Å². The smallest absolute Gasteiger partial charge is 0.228 e. The maximum atomic E-state index is 13.9. The van der Waals surface area contributed by atoms with Crippen LogP contribution in [0.3, 0.4) is 0 Å². The molecule has 0 radical (unpaired) electrons. The van der Waals surface area contributed by atoms with Crippen molar-refractivity contribution in [2.75, 3.05) is 18.4 Å². The van der Waals surface area contributed by atoms with E-state index in [0.29, 0.717) is 13.1 Å². The number of carbonyl (C=O) groups excluding carboxylic acids is 1. The molecule has 0 saturated carbocycles. The molecule has 0 aliphatic carbocycles. The highest BCUT2D eigenvalue weighted by Gasteiger charge is 2.27. The van der Waals surface area contributed by atoms with Crippen molar-refractivity contribution < 1.29 is 13.6 Å². The van der Waals surface area contributed by atoms with E-state index in [-0.39, 0.29) is 17.5 Å². The second kappa shape index (κ2) is 8.29. The number of halogens is 2. The first-order chi connectivity index (χ1) is 14.0. The summed E-state index contributed by atoms with van der Waals surface area (Å²) in [6.45, 7) is 5.07. The van der Waals surface area contributed by atoms with Crippen LogP contribution in [0.5, 0.6) is 0 Å². The van der Waals surface area contributed by atoms with Crippen molar-refractivity contribution in [3.8, 4) is 0 Å². The number of nitrogens with one attached hydrogen (secondary N) is 1. The molecule has 1 aliphatic rings. The van der Waals surface area contributed by atoms with E-state index in [2.05, 4.69) is 27.8 Å². The van der Waals surface area contributed by atoms with Crippen LogP contribution in [0.25, 0.3) is 11.0 Å². The van der Waals surface area contributed by atoms with Crippen LogP contribution in [0.15, 0.2) is 42.5 Å². The summed E-state index contributed by atoms with van der Waals surface area (Å²) < 4.78 is 29.1. The normalized spacial score (nSPS) is 17.6. The summed E-state index contributed by atoms with van der Waals surface area (Å²) >= 11 is 0. The van der Waals surface area contributed by atoms with E-state index in [1.807, 2.05) is 18.2 Å². The van der Waals surface area contributed by atoms with Gasteiger partial charge < -0.3 is 9.88 Å². The number of nitrogens with zero attached hydrogens (tertiary/aromatic N) is 3. The van der Waals surface area contributed by atoms with Gasteiger partial charge in [0.15, 0.2) is 0 Å². The second-order valence-corrected chi connectivity index (χ2v) is 7.45. The number of para-hydroxylation sites is 2. The lowest BCUT2D eigenvalue weighted by atomic mass is 9.97. The van der Waals surface area contributed by atoms with Crippen LogP contribution >= 0.6 is 0 Å². The van der Waals surface area contributed by atoms with E-state index in [1.165, 1.54) is 6.07 Å². The summed E-state index contributed by atoms with van der Waals surface area (Å²) in [7, 11) is 0. The maximum Gasteiger partial charge on any atom is 0.228 e. The molecule has 5 nitrogen and oxygen atoms in total. The number of anilines is 1. The Morgan fingerprint density at radius 3 is 2.86 bits per heavy atom. The number of amides is 1. The summed E-state index contributed by atoms with van der Waals surface area (Å²) in [5.74, 6) is -0.915. The van der Waals surface area contributed by atoms with Crippen LogP contribution in [0.2, 0.25) is 0 Å². The SMILES string of the molecule is CCn1c(CN2CCC[C@H](C(=O)Nc3ccc(F)cc3F)C2)nc2ccccc21. The molecule has 152 valence electrons. The minimum absolute atomic E-state index is 0.0151. The third kappa shape index (κ3) is 4.15. The van der Waals surface area contributed by atoms with Crippen molar-refractivity contribution in [3.05, 3.63) is 59.9 Å². The summed E-state index contributed by atoms with van der Waals surface area (Å²) in [5.41, 5.74) is 2.10. The minimum atomic E-state index is -0.761. The molecular weight excluding hydrogens is 374 g/mol. The number of rotatable bonds is 5. The number of hydrogen-bond acceptors (Lipinski definition) is 3. The van der Waals surface area contributed by atoms with E-state index in [4.69, 9.17) is 4.98 Å². The van der Waals surface area contributed by atoms with Crippen LogP contribution < -0.4 is 5.32 Å². The van der Waals surface area contributed by atoms with Crippen LogP contribution in [-0.2, 0) is 17.9 Å². The summed E-state index contributed by atoms with van der Waals surface area (Å²) in [5, 5.41) is 2.61. The predicted molar refractivity (Wildman–Crippen MR) is 108 cm³/mol. The molecule has 3 aromatic rings. The summed E-state index contributed by atoms with van der Waals surface area (Å²) in [6.07, 6.45) is 1.63. The van der Waals surface area contributed by atoms with Crippen molar-refractivity contribution in [3.63, 3.8) is 0 Å². The zero-order chi connectivity index (χ0) is 20.4. The molecule has 1 saturated heterocycles. The number of fused-ring (bicyclic) bond motifs is 1. The number of imidazole rings is 1. The Labute approximate surface area is 168 Å².